The molecule has 6 heteroatoms. The number of carbonyl (C=O) groups is 3. The highest BCUT2D eigenvalue weighted by Gasteiger charge is 2.42. The van der Waals surface area contributed by atoms with E-state index in [4.69, 9.17) is 0 Å². The van der Waals surface area contributed by atoms with Gasteiger partial charge in [-0.2, -0.15) is 0 Å². The summed E-state index contributed by atoms with van der Waals surface area (Å²) < 4.78 is 0. The summed E-state index contributed by atoms with van der Waals surface area (Å²) in [4.78, 5) is 43.2. The molecule has 20 heavy (non-hydrogen) atoms. The first-order valence-electron chi connectivity index (χ1n) is 6.72. The summed E-state index contributed by atoms with van der Waals surface area (Å²) in [5, 5.41) is 0. The average molecular weight is 273 g/mol. The zero-order valence-electron chi connectivity index (χ0n) is 11.2. The van der Waals surface area contributed by atoms with Gasteiger partial charge in [0.1, 0.15) is 11.7 Å². The van der Waals surface area contributed by atoms with E-state index in [0.717, 1.165) is 5.56 Å². The molecule has 3 amide bonds. The molecule has 1 aromatic rings. The van der Waals surface area contributed by atoms with Gasteiger partial charge in [0.15, 0.2) is 0 Å². The van der Waals surface area contributed by atoms with E-state index in [1.807, 2.05) is 6.07 Å². The van der Waals surface area contributed by atoms with Crippen molar-refractivity contribution in [3.8, 4) is 0 Å². The van der Waals surface area contributed by atoms with Crippen molar-refractivity contribution in [3.05, 3.63) is 29.6 Å². The lowest BCUT2D eigenvalue weighted by atomic mass is 10.0. The number of fused-ring (bicyclic) bond motifs is 1. The molecule has 6 nitrogen and oxygen atoms in total. The van der Waals surface area contributed by atoms with Crippen LogP contribution in [0.25, 0.3) is 0 Å². The van der Waals surface area contributed by atoms with Crippen molar-refractivity contribution in [1.82, 2.24) is 14.8 Å². The van der Waals surface area contributed by atoms with Crippen molar-refractivity contribution >= 4 is 17.7 Å². The highest BCUT2D eigenvalue weighted by Crippen LogP contribution is 2.27. The molecule has 1 unspecified atom stereocenters. The van der Waals surface area contributed by atoms with Crippen molar-refractivity contribution in [2.45, 2.75) is 32.4 Å². The third-order valence-corrected chi connectivity index (χ3v) is 3.87. The molecule has 1 saturated heterocycles. The second-order valence-electron chi connectivity index (χ2n) is 4.97. The van der Waals surface area contributed by atoms with Crippen LogP contribution >= 0.6 is 0 Å². The molecule has 2 aliphatic rings. The van der Waals surface area contributed by atoms with E-state index in [0.29, 0.717) is 31.6 Å². The van der Waals surface area contributed by atoms with E-state index in [-0.39, 0.29) is 17.7 Å². The number of amides is 3. The molecule has 104 valence electrons. The largest absolute Gasteiger partial charge is 0.321 e. The topological polar surface area (TPSA) is 70.6 Å². The van der Waals surface area contributed by atoms with Crippen LogP contribution in [-0.2, 0) is 16.1 Å². The lowest BCUT2D eigenvalue weighted by molar-refractivity contribution is -0.151. The number of pyridine rings is 1. The highest BCUT2D eigenvalue weighted by molar-refractivity contribution is 6.04. The van der Waals surface area contributed by atoms with Crippen LogP contribution in [0.2, 0.25) is 0 Å². The zero-order chi connectivity index (χ0) is 14.3. The first-order valence-corrected chi connectivity index (χ1v) is 6.72. The number of hydrogen-bond donors (Lipinski definition) is 0. The summed E-state index contributed by atoms with van der Waals surface area (Å²) in [7, 11) is 0. The van der Waals surface area contributed by atoms with Crippen LogP contribution in [-0.4, -0.2) is 45.1 Å². The Hall–Kier alpha value is -2.24. The van der Waals surface area contributed by atoms with Gasteiger partial charge in [-0.3, -0.25) is 24.3 Å². The van der Waals surface area contributed by atoms with E-state index in [1.54, 1.807) is 19.2 Å². The molecule has 1 aromatic heterocycles. The van der Waals surface area contributed by atoms with E-state index in [9.17, 15) is 14.4 Å². The first-order chi connectivity index (χ1) is 9.63. The number of piperidine rings is 1. The van der Waals surface area contributed by atoms with Crippen LogP contribution in [0, 0.1) is 0 Å². The summed E-state index contributed by atoms with van der Waals surface area (Å²) in [6.45, 7) is 2.51. The fraction of sp³-hybridized carbons (Fsp3) is 0.429. The van der Waals surface area contributed by atoms with Crippen LogP contribution in [0.5, 0.6) is 0 Å². The minimum Gasteiger partial charge on any atom is -0.321 e. The number of aromatic nitrogens is 1. The number of hydrogen-bond acceptors (Lipinski definition) is 4. The summed E-state index contributed by atoms with van der Waals surface area (Å²) >= 11 is 0. The number of rotatable bonds is 2. The van der Waals surface area contributed by atoms with Crippen molar-refractivity contribution in [3.63, 3.8) is 0 Å². The van der Waals surface area contributed by atoms with E-state index in [1.165, 1.54) is 9.80 Å². The predicted octanol–water partition coefficient (Wildman–Crippen LogP) is 0.575. The molecule has 1 fully saturated rings. The van der Waals surface area contributed by atoms with Crippen LogP contribution < -0.4 is 0 Å². The van der Waals surface area contributed by atoms with Crippen molar-refractivity contribution in [1.29, 1.82) is 0 Å². The maximum absolute atomic E-state index is 12.3. The Labute approximate surface area is 116 Å². The molecule has 0 N–H and O–H groups in total. The summed E-state index contributed by atoms with van der Waals surface area (Å²) in [5.41, 5.74) is 1.26. The van der Waals surface area contributed by atoms with E-state index in [2.05, 4.69) is 4.98 Å². The summed E-state index contributed by atoms with van der Waals surface area (Å²) in [6, 6.07) is 3.07. The van der Waals surface area contributed by atoms with Gasteiger partial charge in [-0.25, -0.2) is 0 Å². The molecule has 1 atom stereocenters. The van der Waals surface area contributed by atoms with Gasteiger partial charge < -0.3 is 4.90 Å². The van der Waals surface area contributed by atoms with Crippen molar-refractivity contribution in [2.24, 2.45) is 0 Å². The summed E-state index contributed by atoms with van der Waals surface area (Å²) in [6.07, 6.45) is 2.27. The average Bonchev–Trinajstić information content (AvgIpc) is 2.77. The third-order valence-electron chi connectivity index (χ3n) is 3.87. The molecule has 0 radical (unpaired) electrons. The SMILES string of the molecule is CCN1C(=O)CCC(N2Cc3cccnc3C2=O)C1=O. The zero-order valence-corrected chi connectivity index (χ0v) is 11.2. The second kappa shape index (κ2) is 4.70. The van der Waals surface area contributed by atoms with Gasteiger partial charge in [0.25, 0.3) is 11.8 Å². The summed E-state index contributed by atoms with van der Waals surface area (Å²) in [5.74, 6) is -0.648. The fourth-order valence-corrected chi connectivity index (χ4v) is 2.84. The number of imide groups is 1. The molecule has 3 rings (SSSR count). The Morgan fingerprint density at radius 1 is 1.35 bits per heavy atom. The molecule has 0 aromatic carbocycles. The molecule has 0 aliphatic carbocycles. The van der Waals surface area contributed by atoms with Gasteiger partial charge in [-0.05, 0) is 19.4 Å². The lowest BCUT2D eigenvalue weighted by Crippen LogP contribution is -2.54. The van der Waals surface area contributed by atoms with Gasteiger partial charge >= 0.3 is 0 Å². The highest BCUT2D eigenvalue weighted by atomic mass is 16.2. The van der Waals surface area contributed by atoms with Crippen LogP contribution in [0.1, 0.15) is 35.8 Å². The monoisotopic (exact) mass is 273 g/mol. The molecule has 0 saturated carbocycles. The van der Waals surface area contributed by atoms with Gasteiger partial charge in [-0.15, -0.1) is 0 Å². The lowest BCUT2D eigenvalue weighted by Gasteiger charge is -2.34. The Bertz CT molecular complexity index is 599. The normalized spacial score (nSPS) is 22.4. The third kappa shape index (κ3) is 1.79. The molecular formula is C14H15N3O3. The Morgan fingerprint density at radius 2 is 2.15 bits per heavy atom. The van der Waals surface area contributed by atoms with E-state index >= 15 is 0 Å². The fourth-order valence-electron chi connectivity index (χ4n) is 2.84. The number of carbonyl (C=O) groups excluding carboxylic acids is 3. The van der Waals surface area contributed by atoms with Crippen LogP contribution in [0.3, 0.4) is 0 Å². The predicted molar refractivity (Wildman–Crippen MR) is 69.5 cm³/mol. The molecule has 3 heterocycles. The van der Waals surface area contributed by atoms with Crippen molar-refractivity contribution < 1.29 is 14.4 Å². The number of likely N-dealkylation sites (N-methyl/N-ethyl adjacent to an activating group) is 1. The maximum Gasteiger partial charge on any atom is 0.273 e. The first kappa shape index (κ1) is 12.8. The number of nitrogens with zero attached hydrogens (tertiary/aromatic N) is 3. The smallest absolute Gasteiger partial charge is 0.273 e. The van der Waals surface area contributed by atoms with Gasteiger partial charge in [-0.1, -0.05) is 6.07 Å². The van der Waals surface area contributed by atoms with Crippen LogP contribution in [0.4, 0.5) is 0 Å². The Morgan fingerprint density at radius 3 is 2.85 bits per heavy atom. The second-order valence-corrected chi connectivity index (χ2v) is 4.97. The molecule has 0 spiro atoms. The number of likely N-dealkylation sites (tertiary alicyclic amines) is 1. The Kier molecular flexibility index (Phi) is 3.00. The van der Waals surface area contributed by atoms with Crippen molar-refractivity contribution in [2.75, 3.05) is 6.54 Å². The van der Waals surface area contributed by atoms with Gasteiger partial charge in [0.05, 0.1) is 0 Å². The standard InChI is InChI=1S/C14H15N3O3/c1-2-16-11(18)6-5-10(13(16)19)17-8-9-4-3-7-15-12(9)14(17)20/h3-4,7,10H,2,5-6,8H2,1H3. The van der Waals surface area contributed by atoms with Gasteiger partial charge in [0.2, 0.25) is 5.91 Å². The quantitative estimate of drug-likeness (QED) is 0.739. The molecule has 0 bridgehead atoms. The minimum atomic E-state index is -0.547. The van der Waals surface area contributed by atoms with Crippen LogP contribution in [0.15, 0.2) is 18.3 Å². The van der Waals surface area contributed by atoms with Gasteiger partial charge in [0, 0.05) is 31.3 Å². The minimum absolute atomic E-state index is 0.156. The van der Waals surface area contributed by atoms with E-state index < -0.39 is 6.04 Å². The maximum atomic E-state index is 12.3. The molecule has 2 aliphatic heterocycles. The Balaban J connectivity index is 1.87. The molecular weight excluding hydrogens is 258 g/mol.